The molecule has 1 spiro atoms. The van der Waals surface area contributed by atoms with E-state index in [1.165, 1.54) is 114 Å². The van der Waals surface area contributed by atoms with E-state index in [4.69, 9.17) is 6.58 Å². The van der Waals surface area contributed by atoms with Gasteiger partial charge in [0, 0.05) is 34.7 Å². The van der Waals surface area contributed by atoms with Gasteiger partial charge in [-0.3, -0.25) is 0 Å². The van der Waals surface area contributed by atoms with Crippen LogP contribution in [0.15, 0.2) is 219 Å². The molecule has 6 aromatic rings. The van der Waals surface area contributed by atoms with Gasteiger partial charge in [-0.2, -0.15) is 0 Å². The second kappa shape index (κ2) is 29.7. The van der Waals surface area contributed by atoms with Gasteiger partial charge in [-0.25, -0.2) is 0 Å². The number of aryl methyl sites for hydroxylation is 3. The first kappa shape index (κ1) is 61.7. The Balaban J connectivity index is 0.000000251. The van der Waals surface area contributed by atoms with Crippen molar-refractivity contribution in [2.24, 2.45) is 11.8 Å². The third-order valence-corrected chi connectivity index (χ3v) is 16.0. The van der Waals surface area contributed by atoms with Crippen LogP contribution in [0.1, 0.15) is 163 Å². The van der Waals surface area contributed by atoms with Crippen LogP contribution in [0.3, 0.4) is 0 Å². The van der Waals surface area contributed by atoms with Gasteiger partial charge in [0.1, 0.15) is 0 Å². The zero-order valence-electron chi connectivity index (χ0n) is 50.9. The molecule has 0 radical (unpaired) electrons. The quantitative estimate of drug-likeness (QED) is 0.140. The minimum atomic E-state index is -0.334. The molecule has 1 aliphatic heterocycles. The van der Waals surface area contributed by atoms with Crippen molar-refractivity contribution in [1.82, 2.24) is 4.57 Å². The SMILES string of the molecule is C=C/C=C\C(C)Cc1ccc(C)cc1-c1ccccc1C.C=CC1=C(/C=C\C)c2cccc3cccc(c3=C)n3c2C1CC(=C)c1ccc(C)cc1C1(C=C3)c2ccccc2C2=CCCCC21.CC.CC.CC.CC1=CC=CCC1. The summed E-state index contributed by atoms with van der Waals surface area (Å²) in [6.07, 6.45) is 34.4. The normalized spacial score (nSPS) is 18.3. The van der Waals surface area contributed by atoms with E-state index in [-0.39, 0.29) is 11.3 Å². The molecule has 2 bridgehead atoms. The van der Waals surface area contributed by atoms with E-state index >= 15 is 0 Å². The predicted octanol–water partition coefficient (Wildman–Crippen LogP) is 22.1. The summed E-state index contributed by atoms with van der Waals surface area (Å²) in [6.45, 7) is 42.7. The zero-order valence-corrected chi connectivity index (χ0v) is 50.9. The molecule has 0 amide bonds. The van der Waals surface area contributed by atoms with Crippen molar-refractivity contribution >= 4 is 40.4 Å². The summed E-state index contributed by atoms with van der Waals surface area (Å²) < 4.78 is 2.47. The van der Waals surface area contributed by atoms with Crippen molar-refractivity contribution in [2.75, 3.05) is 0 Å². The van der Waals surface area contributed by atoms with Gasteiger partial charge in [0.2, 0.25) is 0 Å². The van der Waals surface area contributed by atoms with E-state index in [0.29, 0.717) is 11.8 Å². The van der Waals surface area contributed by atoms with Crippen LogP contribution < -0.4 is 5.22 Å². The molecular weight excluding hydrogens is 963 g/mol. The number of benzene rings is 5. The van der Waals surface area contributed by atoms with Crippen LogP contribution in [0, 0.1) is 32.6 Å². The van der Waals surface area contributed by atoms with Gasteiger partial charge in [0.25, 0.3) is 0 Å². The fraction of sp³-hybridized carbons (Fsp3) is 0.291. The van der Waals surface area contributed by atoms with Crippen LogP contribution in [0.25, 0.3) is 51.5 Å². The van der Waals surface area contributed by atoms with Crippen molar-refractivity contribution in [3.8, 4) is 11.1 Å². The summed E-state index contributed by atoms with van der Waals surface area (Å²) in [7, 11) is 0. The average Bonchev–Trinajstić information content (AvgIpc) is 3.94. The molecule has 0 saturated heterocycles. The summed E-state index contributed by atoms with van der Waals surface area (Å²) in [5.74, 6) is 0.951. The van der Waals surface area contributed by atoms with E-state index in [2.05, 4.69) is 248 Å². The Kier molecular flexibility index (Phi) is 22.9. The third-order valence-electron chi connectivity index (χ3n) is 16.0. The highest BCUT2D eigenvalue weighted by atomic mass is 15.0. The monoisotopic (exact) mass is 1060 g/mol. The van der Waals surface area contributed by atoms with Gasteiger partial charge in [0.15, 0.2) is 0 Å². The Hall–Kier alpha value is -7.48. The van der Waals surface area contributed by atoms with Gasteiger partial charge < -0.3 is 4.57 Å². The molecule has 1 aromatic heterocycles. The van der Waals surface area contributed by atoms with Crippen molar-refractivity contribution in [3.05, 3.63) is 280 Å². The maximum atomic E-state index is 4.88. The maximum Gasteiger partial charge on any atom is 0.0525 e. The molecule has 80 heavy (non-hydrogen) atoms. The molecule has 0 N–H and O–H groups in total. The van der Waals surface area contributed by atoms with E-state index in [1.54, 1.807) is 0 Å². The van der Waals surface area contributed by atoms with Crippen molar-refractivity contribution in [2.45, 2.75) is 139 Å². The molecule has 414 valence electrons. The zero-order chi connectivity index (χ0) is 57.9. The molecule has 1 nitrogen and oxygen atoms in total. The molecule has 11 rings (SSSR count). The maximum absolute atomic E-state index is 4.88. The number of rotatable bonds is 7. The third kappa shape index (κ3) is 13.2. The Morgan fingerprint density at radius 2 is 1.40 bits per heavy atom. The van der Waals surface area contributed by atoms with Crippen LogP contribution in [0.2, 0.25) is 0 Å². The molecule has 0 saturated carbocycles. The number of hydrogen-bond donors (Lipinski definition) is 0. The largest absolute Gasteiger partial charge is 0.319 e. The highest BCUT2D eigenvalue weighted by Crippen LogP contribution is 2.60. The molecule has 4 atom stereocenters. The second-order valence-corrected chi connectivity index (χ2v) is 21.2. The highest BCUT2D eigenvalue weighted by Gasteiger charge is 2.51. The Labute approximate surface area is 484 Å². The Morgan fingerprint density at radius 3 is 2.08 bits per heavy atom. The first-order valence-electron chi connectivity index (χ1n) is 30.0. The Morgan fingerprint density at radius 1 is 0.713 bits per heavy atom. The molecule has 4 unspecified atom stereocenters. The smallest absolute Gasteiger partial charge is 0.0525 e. The molecular formula is C79H93N. The lowest BCUT2D eigenvalue weighted by Crippen LogP contribution is -2.33. The van der Waals surface area contributed by atoms with Gasteiger partial charge in [-0.05, 0) is 169 Å². The molecule has 5 aromatic carbocycles. The van der Waals surface area contributed by atoms with Crippen LogP contribution in [-0.4, -0.2) is 4.57 Å². The number of hydrogen-bond acceptors (Lipinski definition) is 0. The van der Waals surface area contributed by atoms with Gasteiger partial charge >= 0.3 is 0 Å². The fourth-order valence-corrected chi connectivity index (χ4v) is 12.4. The van der Waals surface area contributed by atoms with Gasteiger partial charge in [0.05, 0.1) is 5.52 Å². The van der Waals surface area contributed by atoms with E-state index in [0.717, 1.165) is 41.8 Å². The van der Waals surface area contributed by atoms with E-state index in [1.807, 2.05) is 53.7 Å². The number of fused-ring (bicyclic) bond motifs is 10. The van der Waals surface area contributed by atoms with Crippen LogP contribution in [0.4, 0.5) is 0 Å². The highest BCUT2D eigenvalue weighted by molar-refractivity contribution is 5.89. The summed E-state index contributed by atoms with van der Waals surface area (Å²) in [5.41, 5.74) is 23.5. The molecule has 4 aliphatic carbocycles. The molecule has 1 heteroatoms. The summed E-state index contributed by atoms with van der Waals surface area (Å²) in [6, 6.07) is 44.9. The molecule has 2 heterocycles. The first-order valence-corrected chi connectivity index (χ1v) is 30.0. The van der Waals surface area contributed by atoms with E-state index < -0.39 is 0 Å². The predicted molar refractivity (Wildman–Crippen MR) is 357 cm³/mol. The van der Waals surface area contributed by atoms with Crippen molar-refractivity contribution in [3.63, 3.8) is 0 Å². The standard InChI is InChI=1S/C45H41N.C21H24.C7H10.3C2H6/c1-6-14-35-33(7-2)39-28-30(4)34-24-23-29(3)27-42(34)45(40-20-10-8-17-36(40)37-18-9-11-21-41(37)45)25-26-46-43-22-13-16-32(31(43)5)15-12-19-38(35)44(39)46;1-5-6-9-16(2)14-19-13-12-17(3)15-21(19)20-11-8-7-10-18(20)4;1-7-5-3-2-4-6-7;3*1-2/h6-8,10,12-20,22-27,39,41H,2,4-5,9,11,21,28H2,1,3H3;5-13,15-16H,1,14H2,2-4H3;2-3,5H,4,6H2,1H3;3*1-2H3/b14-6-,19-12?,26-25?,32-15?;9-6-;;;;. The molecule has 5 aliphatic rings. The molecule has 0 fully saturated rings. The topological polar surface area (TPSA) is 4.93 Å². The minimum absolute atomic E-state index is 0.0888. The summed E-state index contributed by atoms with van der Waals surface area (Å²) >= 11 is 0. The Bertz CT molecular complexity index is 3470. The van der Waals surface area contributed by atoms with Crippen LogP contribution >= 0.6 is 0 Å². The average molecular weight is 1060 g/mol. The summed E-state index contributed by atoms with van der Waals surface area (Å²) in [5, 5.41) is 2.18. The second-order valence-electron chi connectivity index (χ2n) is 21.2. The first-order chi connectivity index (χ1) is 39.0. The van der Waals surface area contributed by atoms with Crippen molar-refractivity contribution in [1.29, 1.82) is 0 Å². The van der Waals surface area contributed by atoms with Crippen molar-refractivity contribution < 1.29 is 0 Å². The lowest BCUT2D eigenvalue weighted by atomic mass is 9.64. The lowest BCUT2D eigenvalue weighted by molar-refractivity contribution is 0.443. The lowest BCUT2D eigenvalue weighted by Gasteiger charge is -2.39. The van der Waals surface area contributed by atoms with Crippen LogP contribution in [0.5, 0.6) is 0 Å². The number of allylic oxidation sites excluding steroid dienone is 16. The van der Waals surface area contributed by atoms with E-state index in [9.17, 15) is 0 Å². The van der Waals surface area contributed by atoms with Crippen LogP contribution in [-0.2, 0) is 11.8 Å². The minimum Gasteiger partial charge on any atom is -0.319 e. The number of aromatic nitrogens is 1. The van der Waals surface area contributed by atoms with Gasteiger partial charge in [-0.15, -0.1) is 0 Å². The number of nitrogens with zero attached hydrogens (tertiary/aromatic N) is 1. The fourth-order valence-electron chi connectivity index (χ4n) is 12.4. The summed E-state index contributed by atoms with van der Waals surface area (Å²) in [4.78, 5) is 0. The van der Waals surface area contributed by atoms with Gasteiger partial charge in [-0.1, -0.05) is 274 Å².